The molecule has 18 heavy (non-hydrogen) atoms. The van der Waals surface area contributed by atoms with Gasteiger partial charge in [0.05, 0.1) is 0 Å². The van der Waals surface area contributed by atoms with Crippen LogP contribution in [0.2, 0.25) is 0 Å². The Balaban J connectivity index is 1.57. The molecule has 0 unspecified atom stereocenters. The van der Waals surface area contributed by atoms with Gasteiger partial charge in [-0.1, -0.05) is 0 Å². The SMILES string of the molecule is Nc1ccc(C(=O)NCCCOCC2CC2)cc1. The van der Waals surface area contributed by atoms with Gasteiger partial charge in [-0.25, -0.2) is 0 Å². The Labute approximate surface area is 108 Å². The third kappa shape index (κ3) is 4.37. The topological polar surface area (TPSA) is 64.4 Å². The molecule has 4 heteroatoms. The second kappa shape index (κ2) is 6.40. The maximum atomic E-state index is 11.7. The van der Waals surface area contributed by atoms with Crippen molar-refractivity contribution in [2.75, 3.05) is 25.5 Å². The summed E-state index contributed by atoms with van der Waals surface area (Å²) >= 11 is 0. The molecule has 4 nitrogen and oxygen atoms in total. The molecule has 1 fully saturated rings. The van der Waals surface area contributed by atoms with E-state index in [1.54, 1.807) is 24.3 Å². The van der Waals surface area contributed by atoms with Crippen LogP contribution in [0, 0.1) is 5.92 Å². The van der Waals surface area contributed by atoms with E-state index in [2.05, 4.69) is 5.32 Å². The molecule has 0 bridgehead atoms. The second-order valence-corrected chi connectivity index (χ2v) is 4.75. The lowest BCUT2D eigenvalue weighted by atomic mass is 10.2. The Kier molecular flexibility index (Phi) is 4.59. The molecule has 0 atom stereocenters. The van der Waals surface area contributed by atoms with E-state index < -0.39 is 0 Å². The third-order valence-electron chi connectivity index (χ3n) is 2.97. The number of ether oxygens (including phenoxy) is 1. The second-order valence-electron chi connectivity index (χ2n) is 4.75. The molecular formula is C14H20N2O2. The number of benzene rings is 1. The lowest BCUT2D eigenvalue weighted by molar-refractivity contribution is 0.0937. The third-order valence-corrected chi connectivity index (χ3v) is 2.97. The Hall–Kier alpha value is -1.55. The standard InChI is InChI=1S/C14H20N2O2/c15-13-6-4-12(5-7-13)14(17)16-8-1-9-18-10-11-2-3-11/h4-7,11H,1-3,8-10,15H2,(H,16,17). The van der Waals surface area contributed by atoms with Crippen molar-refractivity contribution in [2.45, 2.75) is 19.3 Å². The molecule has 1 aromatic rings. The zero-order chi connectivity index (χ0) is 12.8. The van der Waals surface area contributed by atoms with Crippen LogP contribution in [0.15, 0.2) is 24.3 Å². The summed E-state index contributed by atoms with van der Waals surface area (Å²) in [6, 6.07) is 6.92. The van der Waals surface area contributed by atoms with Gasteiger partial charge in [0.2, 0.25) is 0 Å². The quantitative estimate of drug-likeness (QED) is 0.571. The minimum atomic E-state index is -0.0582. The Bertz CT molecular complexity index is 385. The largest absolute Gasteiger partial charge is 0.399 e. The number of nitrogens with one attached hydrogen (secondary N) is 1. The number of carbonyl (C=O) groups is 1. The number of carbonyl (C=O) groups excluding carboxylic acids is 1. The van der Waals surface area contributed by atoms with Crippen LogP contribution in [-0.2, 0) is 4.74 Å². The lowest BCUT2D eigenvalue weighted by Gasteiger charge is -2.06. The molecule has 1 aromatic carbocycles. The molecule has 3 N–H and O–H groups in total. The van der Waals surface area contributed by atoms with Crippen LogP contribution in [0.4, 0.5) is 5.69 Å². The average Bonchev–Trinajstić information content (AvgIpc) is 3.18. The van der Waals surface area contributed by atoms with E-state index >= 15 is 0 Å². The van der Waals surface area contributed by atoms with Gasteiger partial charge in [-0.05, 0) is 49.4 Å². The summed E-state index contributed by atoms with van der Waals surface area (Å²) in [5.41, 5.74) is 6.87. The van der Waals surface area contributed by atoms with Gasteiger partial charge < -0.3 is 15.8 Å². The number of nitrogen functional groups attached to an aromatic ring is 1. The number of nitrogens with two attached hydrogens (primary N) is 1. The van der Waals surface area contributed by atoms with E-state index in [9.17, 15) is 4.79 Å². The molecule has 0 aliphatic heterocycles. The fraction of sp³-hybridized carbons (Fsp3) is 0.500. The zero-order valence-corrected chi connectivity index (χ0v) is 10.5. The molecule has 0 spiro atoms. The van der Waals surface area contributed by atoms with Crippen LogP contribution in [0.5, 0.6) is 0 Å². The van der Waals surface area contributed by atoms with Crippen molar-refractivity contribution in [1.29, 1.82) is 0 Å². The predicted molar refractivity (Wildman–Crippen MR) is 71.3 cm³/mol. The molecule has 0 radical (unpaired) electrons. The van der Waals surface area contributed by atoms with Gasteiger partial charge in [0.25, 0.3) is 5.91 Å². The van der Waals surface area contributed by atoms with Crippen LogP contribution in [0.3, 0.4) is 0 Å². The highest BCUT2D eigenvalue weighted by Crippen LogP contribution is 2.28. The summed E-state index contributed by atoms with van der Waals surface area (Å²) in [6.07, 6.45) is 3.48. The van der Waals surface area contributed by atoms with E-state index in [0.717, 1.165) is 25.6 Å². The summed E-state index contributed by atoms with van der Waals surface area (Å²) in [4.78, 5) is 11.7. The minimum absolute atomic E-state index is 0.0582. The molecule has 0 aromatic heterocycles. The molecule has 0 heterocycles. The highest BCUT2D eigenvalue weighted by molar-refractivity contribution is 5.94. The van der Waals surface area contributed by atoms with Gasteiger partial charge in [0.15, 0.2) is 0 Å². The van der Waals surface area contributed by atoms with E-state index in [-0.39, 0.29) is 5.91 Å². The van der Waals surface area contributed by atoms with E-state index in [0.29, 0.717) is 17.8 Å². The van der Waals surface area contributed by atoms with Gasteiger partial charge in [0, 0.05) is 31.0 Å². The van der Waals surface area contributed by atoms with Gasteiger partial charge in [0.1, 0.15) is 0 Å². The molecule has 0 saturated heterocycles. The predicted octanol–water partition coefficient (Wildman–Crippen LogP) is 1.82. The summed E-state index contributed by atoms with van der Waals surface area (Å²) in [7, 11) is 0. The summed E-state index contributed by atoms with van der Waals surface area (Å²) in [5.74, 6) is 0.742. The van der Waals surface area contributed by atoms with Crippen LogP contribution in [0.1, 0.15) is 29.6 Å². The first-order valence-electron chi connectivity index (χ1n) is 6.47. The molecule has 98 valence electrons. The van der Waals surface area contributed by atoms with Gasteiger partial charge >= 0.3 is 0 Å². The van der Waals surface area contributed by atoms with Crippen LogP contribution >= 0.6 is 0 Å². The average molecular weight is 248 g/mol. The fourth-order valence-electron chi connectivity index (χ4n) is 1.65. The number of amides is 1. The maximum absolute atomic E-state index is 11.7. The molecular weight excluding hydrogens is 228 g/mol. The van der Waals surface area contributed by atoms with Gasteiger partial charge in [-0.2, -0.15) is 0 Å². The van der Waals surface area contributed by atoms with Crippen molar-refractivity contribution >= 4 is 11.6 Å². The first kappa shape index (κ1) is 12.9. The smallest absolute Gasteiger partial charge is 0.251 e. The summed E-state index contributed by atoms with van der Waals surface area (Å²) in [5, 5.41) is 2.86. The molecule has 1 saturated carbocycles. The van der Waals surface area contributed by atoms with Crippen molar-refractivity contribution in [3.05, 3.63) is 29.8 Å². The number of rotatable bonds is 7. The van der Waals surface area contributed by atoms with Crippen molar-refractivity contribution in [2.24, 2.45) is 5.92 Å². The number of hydrogen-bond acceptors (Lipinski definition) is 3. The molecule has 1 aliphatic carbocycles. The highest BCUT2D eigenvalue weighted by atomic mass is 16.5. The van der Waals surface area contributed by atoms with Crippen LogP contribution in [0.25, 0.3) is 0 Å². The fourth-order valence-corrected chi connectivity index (χ4v) is 1.65. The van der Waals surface area contributed by atoms with E-state index in [1.165, 1.54) is 12.8 Å². The van der Waals surface area contributed by atoms with Crippen molar-refractivity contribution in [1.82, 2.24) is 5.32 Å². The van der Waals surface area contributed by atoms with E-state index in [4.69, 9.17) is 10.5 Å². The van der Waals surface area contributed by atoms with Crippen LogP contribution in [-0.4, -0.2) is 25.7 Å². The normalized spacial score (nSPS) is 14.4. The van der Waals surface area contributed by atoms with Gasteiger partial charge in [-0.15, -0.1) is 0 Å². The van der Waals surface area contributed by atoms with Crippen molar-refractivity contribution < 1.29 is 9.53 Å². The zero-order valence-electron chi connectivity index (χ0n) is 10.5. The van der Waals surface area contributed by atoms with E-state index in [1.807, 2.05) is 0 Å². The van der Waals surface area contributed by atoms with Crippen molar-refractivity contribution in [3.8, 4) is 0 Å². The number of hydrogen-bond donors (Lipinski definition) is 2. The highest BCUT2D eigenvalue weighted by Gasteiger charge is 2.20. The molecule has 2 rings (SSSR count). The first-order valence-corrected chi connectivity index (χ1v) is 6.47. The van der Waals surface area contributed by atoms with Crippen molar-refractivity contribution in [3.63, 3.8) is 0 Å². The monoisotopic (exact) mass is 248 g/mol. The summed E-state index contributed by atoms with van der Waals surface area (Å²) < 4.78 is 5.49. The minimum Gasteiger partial charge on any atom is -0.399 e. The Morgan fingerprint density at radius 3 is 2.72 bits per heavy atom. The lowest BCUT2D eigenvalue weighted by Crippen LogP contribution is -2.25. The number of anilines is 1. The Morgan fingerprint density at radius 2 is 2.06 bits per heavy atom. The maximum Gasteiger partial charge on any atom is 0.251 e. The summed E-state index contributed by atoms with van der Waals surface area (Å²) in [6.45, 7) is 2.25. The van der Waals surface area contributed by atoms with Gasteiger partial charge in [-0.3, -0.25) is 4.79 Å². The molecule has 1 amide bonds. The molecule has 1 aliphatic rings. The Morgan fingerprint density at radius 1 is 1.33 bits per heavy atom. The van der Waals surface area contributed by atoms with Crippen LogP contribution < -0.4 is 11.1 Å². The first-order chi connectivity index (χ1) is 8.75.